The van der Waals surface area contributed by atoms with Crippen LogP contribution in [0.1, 0.15) is 29.1 Å². The maximum absolute atomic E-state index is 12.0. The van der Waals surface area contributed by atoms with Gasteiger partial charge in [0.1, 0.15) is 11.3 Å². The Labute approximate surface area is 108 Å². The second-order valence-corrected chi connectivity index (χ2v) is 5.43. The van der Waals surface area contributed by atoms with E-state index >= 15 is 0 Å². The van der Waals surface area contributed by atoms with Gasteiger partial charge in [-0.15, -0.1) is 0 Å². The molecule has 0 unspecified atom stereocenters. The van der Waals surface area contributed by atoms with Gasteiger partial charge in [-0.2, -0.15) is 9.82 Å². The van der Waals surface area contributed by atoms with E-state index in [2.05, 4.69) is 14.9 Å². The quantitative estimate of drug-likeness (QED) is 0.744. The van der Waals surface area contributed by atoms with Crippen molar-refractivity contribution in [3.63, 3.8) is 0 Å². The topological polar surface area (TPSA) is 125 Å². The maximum atomic E-state index is 12.0. The van der Waals surface area contributed by atoms with Crippen LogP contribution in [0, 0.1) is 0 Å². The summed E-state index contributed by atoms with van der Waals surface area (Å²) in [7, 11) is -4.03. The summed E-state index contributed by atoms with van der Waals surface area (Å²) in [6.45, 7) is 1.58. The molecule has 0 spiro atoms. The molecule has 0 fully saturated rings. The molecule has 2 aromatic rings. The zero-order valence-electron chi connectivity index (χ0n) is 9.82. The average molecular weight is 285 g/mol. The van der Waals surface area contributed by atoms with Gasteiger partial charge in [0.2, 0.25) is 0 Å². The van der Waals surface area contributed by atoms with Gasteiger partial charge in [0, 0.05) is 0 Å². The molecule has 102 valence electrons. The van der Waals surface area contributed by atoms with E-state index < -0.39 is 32.6 Å². The summed E-state index contributed by atoms with van der Waals surface area (Å²) in [6.07, 6.45) is 2.35. The second kappa shape index (κ2) is 4.86. The number of hydrogen-bond donors (Lipinski definition) is 3. The van der Waals surface area contributed by atoms with Crippen LogP contribution in [-0.2, 0) is 10.0 Å². The molecular weight excluding hydrogens is 274 g/mol. The molecule has 0 saturated carbocycles. The highest BCUT2D eigenvalue weighted by Gasteiger charge is 2.27. The number of hydrogen-bond acceptors (Lipinski definition) is 5. The van der Waals surface area contributed by atoms with Crippen LogP contribution in [0.2, 0.25) is 0 Å². The summed E-state index contributed by atoms with van der Waals surface area (Å²) < 4.78 is 31.4. The lowest BCUT2D eigenvalue weighted by molar-refractivity contribution is 0.0692. The third-order valence-corrected chi connectivity index (χ3v) is 3.92. The van der Waals surface area contributed by atoms with Crippen molar-refractivity contribution < 1.29 is 22.7 Å². The lowest BCUT2D eigenvalue weighted by Gasteiger charge is -2.11. The van der Waals surface area contributed by atoms with E-state index in [1.54, 1.807) is 19.1 Å². The Morgan fingerprint density at radius 2 is 2.32 bits per heavy atom. The molecule has 0 amide bonds. The highest BCUT2D eigenvalue weighted by Crippen LogP contribution is 2.18. The molecule has 2 heterocycles. The second-order valence-electron chi connectivity index (χ2n) is 3.78. The van der Waals surface area contributed by atoms with Gasteiger partial charge in [0.25, 0.3) is 10.0 Å². The van der Waals surface area contributed by atoms with Gasteiger partial charge in [-0.3, -0.25) is 5.10 Å². The van der Waals surface area contributed by atoms with Crippen molar-refractivity contribution in [2.24, 2.45) is 0 Å². The molecular formula is C10H11N3O5S. The fourth-order valence-corrected chi connectivity index (χ4v) is 2.82. The number of nitrogens with one attached hydrogen (secondary N) is 2. The molecule has 9 heteroatoms. The molecule has 0 aliphatic carbocycles. The van der Waals surface area contributed by atoms with E-state index in [0.29, 0.717) is 5.76 Å². The Morgan fingerprint density at radius 3 is 2.89 bits per heavy atom. The van der Waals surface area contributed by atoms with Gasteiger partial charge >= 0.3 is 5.97 Å². The third-order valence-electron chi connectivity index (χ3n) is 2.41. The first-order valence-corrected chi connectivity index (χ1v) is 6.72. The van der Waals surface area contributed by atoms with E-state index in [1.807, 2.05) is 0 Å². The number of sulfonamides is 1. The number of aromatic amines is 1. The normalized spacial score (nSPS) is 13.3. The number of carboxylic acid groups (broad SMARTS) is 1. The minimum Gasteiger partial charge on any atom is -0.478 e. The highest BCUT2D eigenvalue weighted by molar-refractivity contribution is 7.89. The summed E-state index contributed by atoms with van der Waals surface area (Å²) in [5.41, 5.74) is -0.417. The minimum absolute atomic E-state index is 0.417. The van der Waals surface area contributed by atoms with Gasteiger partial charge in [-0.1, -0.05) is 0 Å². The van der Waals surface area contributed by atoms with Crippen LogP contribution in [-0.4, -0.2) is 29.7 Å². The van der Waals surface area contributed by atoms with Crippen molar-refractivity contribution in [3.05, 3.63) is 35.9 Å². The third kappa shape index (κ3) is 2.66. The first kappa shape index (κ1) is 13.3. The number of furan rings is 1. The van der Waals surface area contributed by atoms with Crippen LogP contribution in [0.15, 0.2) is 34.0 Å². The number of aromatic carboxylic acids is 1. The molecule has 19 heavy (non-hydrogen) atoms. The number of H-pyrrole nitrogens is 1. The largest absolute Gasteiger partial charge is 0.478 e. The maximum Gasteiger partial charge on any atom is 0.340 e. The number of nitrogens with zero attached hydrogens (tertiary/aromatic N) is 1. The van der Waals surface area contributed by atoms with Crippen LogP contribution in [0.4, 0.5) is 0 Å². The predicted molar refractivity (Wildman–Crippen MR) is 63.0 cm³/mol. The van der Waals surface area contributed by atoms with Crippen LogP contribution in [0.5, 0.6) is 0 Å². The average Bonchev–Trinajstić information content (AvgIpc) is 3.00. The number of carboxylic acids is 1. The molecule has 1 atom stereocenters. The molecule has 0 saturated heterocycles. The van der Waals surface area contributed by atoms with E-state index in [1.165, 1.54) is 6.26 Å². The van der Waals surface area contributed by atoms with Crippen molar-refractivity contribution in [1.29, 1.82) is 0 Å². The molecule has 8 nitrogen and oxygen atoms in total. The van der Waals surface area contributed by atoms with Gasteiger partial charge in [0.05, 0.1) is 18.5 Å². The number of rotatable bonds is 5. The lowest BCUT2D eigenvalue weighted by atomic mass is 10.3. The summed E-state index contributed by atoms with van der Waals surface area (Å²) in [5, 5.41) is 14.0. The predicted octanol–water partition coefficient (Wildman–Crippen LogP) is 0.740. The monoisotopic (exact) mass is 285 g/mol. The van der Waals surface area contributed by atoms with Gasteiger partial charge in [-0.05, 0) is 19.1 Å². The van der Waals surface area contributed by atoms with Crippen molar-refractivity contribution in [3.8, 4) is 0 Å². The van der Waals surface area contributed by atoms with Crippen LogP contribution in [0.3, 0.4) is 0 Å². The minimum atomic E-state index is -4.03. The summed E-state index contributed by atoms with van der Waals surface area (Å²) in [6, 6.07) is 2.60. The molecule has 2 aromatic heterocycles. The number of carbonyl (C=O) groups is 1. The Kier molecular flexibility index (Phi) is 3.40. The highest BCUT2D eigenvalue weighted by atomic mass is 32.2. The van der Waals surface area contributed by atoms with Gasteiger partial charge < -0.3 is 9.52 Å². The fourth-order valence-electron chi connectivity index (χ4n) is 1.52. The lowest BCUT2D eigenvalue weighted by Crippen LogP contribution is -2.28. The van der Waals surface area contributed by atoms with Crippen molar-refractivity contribution in [1.82, 2.24) is 14.9 Å². The van der Waals surface area contributed by atoms with E-state index in [4.69, 9.17) is 9.52 Å². The Hall–Kier alpha value is -2.13. The summed E-state index contributed by atoms with van der Waals surface area (Å²) >= 11 is 0. The molecule has 2 rings (SSSR count). The first-order chi connectivity index (χ1) is 8.92. The summed E-state index contributed by atoms with van der Waals surface area (Å²) in [4.78, 5) is 10.9. The van der Waals surface area contributed by atoms with E-state index in [0.717, 1.165) is 6.20 Å². The molecule has 0 aliphatic rings. The molecule has 0 bridgehead atoms. The Morgan fingerprint density at radius 1 is 1.58 bits per heavy atom. The first-order valence-electron chi connectivity index (χ1n) is 5.24. The van der Waals surface area contributed by atoms with Crippen LogP contribution >= 0.6 is 0 Å². The SMILES string of the molecule is C[C@@H](NS(=O)(=O)c1[nH]ncc1C(=O)O)c1ccco1. The molecule has 0 aliphatic heterocycles. The van der Waals surface area contributed by atoms with Crippen LogP contribution in [0.25, 0.3) is 0 Å². The van der Waals surface area contributed by atoms with E-state index in [9.17, 15) is 13.2 Å². The zero-order valence-corrected chi connectivity index (χ0v) is 10.6. The van der Waals surface area contributed by atoms with E-state index in [-0.39, 0.29) is 0 Å². The molecule has 0 aromatic carbocycles. The Balaban J connectivity index is 2.28. The van der Waals surface area contributed by atoms with Crippen LogP contribution < -0.4 is 4.72 Å². The van der Waals surface area contributed by atoms with Crippen molar-refractivity contribution in [2.45, 2.75) is 18.0 Å². The molecule has 0 radical (unpaired) electrons. The van der Waals surface area contributed by atoms with Gasteiger partial charge in [-0.25, -0.2) is 13.2 Å². The van der Waals surface area contributed by atoms with Crippen molar-refractivity contribution >= 4 is 16.0 Å². The zero-order chi connectivity index (χ0) is 14.0. The fraction of sp³-hybridized carbons (Fsp3) is 0.200. The Bertz CT molecular complexity index is 674. The summed E-state index contributed by atoms with van der Waals surface area (Å²) in [5.74, 6) is -0.959. The molecule has 3 N–H and O–H groups in total. The van der Waals surface area contributed by atoms with Gasteiger partial charge in [0.15, 0.2) is 5.03 Å². The smallest absolute Gasteiger partial charge is 0.340 e. The van der Waals surface area contributed by atoms with Crippen molar-refractivity contribution in [2.75, 3.05) is 0 Å². The standard InChI is InChI=1S/C10H11N3O5S/c1-6(8-3-2-4-18-8)13-19(16,17)9-7(10(14)15)5-11-12-9/h2-6,13H,1H3,(H,11,12)(H,14,15)/t6-/m1/s1. The number of aromatic nitrogens is 2.